The van der Waals surface area contributed by atoms with Gasteiger partial charge in [-0.15, -0.1) is 11.8 Å². The number of hydrogen-bond donors (Lipinski definition) is 2. The molecule has 0 unspecified atom stereocenters. The van der Waals surface area contributed by atoms with E-state index in [2.05, 4.69) is 13.0 Å². The van der Waals surface area contributed by atoms with Gasteiger partial charge in [-0.2, -0.15) is 0 Å². The third-order valence-corrected chi connectivity index (χ3v) is 3.31. The molecule has 2 nitrogen and oxygen atoms in total. The van der Waals surface area contributed by atoms with Crippen molar-refractivity contribution in [2.75, 3.05) is 17.7 Å². The zero-order chi connectivity index (χ0) is 13.4. The summed E-state index contributed by atoms with van der Waals surface area (Å²) in [5.41, 5.74) is 14.2. The standard InChI is InChI=1S/C8H11N.C7H9NS/c1-2-7-4-3-5-8(9)6-7;1-9-7-5-3-2-4-6(7)8/h3-6H,2,9H2,1H3;2-5H,8H2,1H3. The van der Waals surface area contributed by atoms with Crippen LogP contribution in [0.2, 0.25) is 0 Å². The first kappa shape index (κ1) is 14.5. The summed E-state index contributed by atoms with van der Waals surface area (Å²) < 4.78 is 0. The average Bonchev–Trinajstić information content (AvgIpc) is 2.40. The third kappa shape index (κ3) is 4.72. The maximum atomic E-state index is 5.61. The Hall–Kier alpha value is -1.61. The zero-order valence-electron chi connectivity index (χ0n) is 10.9. The van der Waals surface area contributed by atoms with Crippen molar-refractivity contribution in [1.82, 2.24) is 0 Å². The number of para-hydroxylation sites is 1. The predicted octanol–water partition coefficient (Wildman–Crippen LogP) is 3.82. The Morgan fingerprint density at radius 3 is 2.17 bits per heavy atom. The molecule has 0 spiro atoms. The molecular weight excluding hydrogens is 240 g/mol. The van der Waals surface area contributed by atoms with Crippen molar-refractivity contribution in [2.45, 2.75) is 18.2 Å². The molecule has 0 aromatic heterocycles. The van der Waals surface area contributed by atoms with Crippen LogP contribution in [0.4, 0.5) is 11.4 Å². The lowest BCUT2D eigenvalue weighted by Crippen LogP contribution is -1.85. The number of hydrogen-bond acceptors (Lipinski definition) is 3. The molecule has 4 N–H and O–H groups in total. The van der Waals surface area contributed by atoms with E-state index in [0.717, 1.165) is 22.7 Å². The van der Waals surface area contributed by atoms with Crippen molar-refractivity contribution in [2.24, 2.45) is 0 Å². The van der Waals surface area contributed by atoms with Crippen LogP contribution in [0.1, 0.15) is 12.5 Å². The van der Waals surface area contributed by atoms with Crippen molar-refractivity contribution >= 4 is 23.1 Å². The van der Waals surface area contributed by atoms with Gasteiger partial charge in [-0.3, -0.25) is 0 Å². The van der Waals surface area contributed by atoms with Crippen LogP contribution >= 0.6 is 11.8 Å². The second kappa shape index (κ2) is 7.67. The molecule has 0 heterocycles. The largest absolute Gasteiger partial charge is 0.399 e. The first-order valence-corrected chi connectivity index (χ1v) is 7.12. The maximum absolute atomic E-state index is 5.61. The van der Waals surface area contributed by atoms with Crippen molar-refractivity contribution < 1.29 is 0 Å². The number of thioether (sulfide) groups is 1. The normalized spacial score (nSPS) is 9.44. The number of nitrogen functional groups attached to an aromatic ring is 2. The molecule has 0 amide bonds. The molecule has 0 aliphatic carbocycles. The molecule has 0 atom stereocenters. The van der Waals surface area contributed by atoms with Gasteiger partial charge in [0.2, 0.25) is 0 Å². The molecular formula is C15H20N2S. The highest BCUT2D eigenvalue weighted by atomic mass is 32.2. The van der Waals surface area contributed by atoms with E-state index in [4.69, 9.17) is 11.5 Å². The van der Waals surface area contributed by atoms with Gasteiger partial charge in [0.15, 0.2) is 0 Å². The van der Waals surface area contributed by atoms with Gasteiger partial charge in [-0.25, -0.2) is 0 Å². The molecule has 96 valence electrons. The lowest BCUT2D eigenvalue weighted by molar-refractivity contribution is 1.14. The van der Waals surface area contributed by atoms with Gasteiger partial charge in [-0.05, 0) is 42.5 Å². The number of nitrogens with two attached hydrogens (primary N) is 2. The average molecular weight is 260 g/mol. The molecule has 2 aromatic rings. The van der Waals surface area contributed by atoms with Gasteiger partial charge in [0.05, 0.1) is 0 Å². The Morgan fingerprint density at radius 2 is 1.72 bits per heavy atom. The molecule has 18 heavy (non-hydrogen) atoms. The van der Waals surface area contributed by atoms with E-state index in [1.165, 1.54) is 5.56 Å². The molecule has 0 bridgehead atoms. The van der Waals surface area contributed by atoms with E-state index in [1.807, 2.05) is 48.7 Å². The minimum absolute atomic E-state index is 0.856. The second-order valence-corrected chi connectivity index (χ2v) is 4.69. The molecule has 0 fully saturated rings. The van der Waals surface area contributed by atoms with Crippen LogP contribution in [0.25, 0.3) is 0 Å². The summed E-state index contributed by atoms with van der Waals surface area (Å²) in [5, 5.41) is 0. The predicted molar refractivity (Wildman–Crippen MR) is 82.9 cm³/mol. The smallest absolute Gasteiger partial charge is 0.0452 e. The Labute approximate surface area is 113 Å². The molecule has 3 heteroatoms. The summed E-state index contributed by atoms with van der Waals surface area (Å²) in [6.45, 7) is 2.12. The summed E-state index contributed by atoms with van der Waals surface area (Å²) in [6.07, 6.45) is 3.08. The summed E-state index contributed by atoms with van der Waals surface area (Å²) in [4.78, 5) is 1.15. The maximum Gasteiger partial charge on any atom is 0.0452 e. The first-order chi connectivity index (χ1) is 8.67. The zero-order valence-corrected chi connectivity index (χ0v) is 11.7. The second-order valence-electron chi connectivity index (χ2n) is 3.84. The molecule has 0 saturated heterocycles. The lowest BCUT2D eigenvalue weighted by Gasteiger charge is -1.97. The van der Waals surface area contributed by atoms with Crippen LogP contribution in [0, 0.1) is 0 Å². The first-order valence-electron chi connectivity index (χ1n) is 5.90. The summed E-state index contributed by atoms with van der Waals surface area (Å²) in [5.74, 6) is 0. The molecule has 2 rings (SSSR count). The van der Waals surface area contributed by atoms with Crippen LogP contribution < -0.4 is 11.5 Å². The highest BCUT2D eigenvalue weighted by Gasteiger charge is 1.91. The van der Waals surface area contributed by atoms with E-state index in [9.17, 15) is 0 Å². The van der Waals surface area contributed by atoms with E-state index in [-0.39, 0.29) is 0 Å². The van der Waals surface area contributed by atoms with Crippen LogP contribution in [-0.4, -0.2) is 6.26 Å². The number of benzene rings is 2. The van der Waals surface area contributed by atoms with Crippen LogP contribution in [0.5, 0.6) is 0 Å². The number of anilines is 2. The molecule has 0 aliphatic rings. The third-order valence-electron chi connectivity index (χ3n) is 2.50. The van der Waals surface area contributed by atoms with Crippen molar-refractivity contribution in [3.8, 4) is 0 Å². The van der Waals surface area contributed by atoms with Crippen molar-refractivity contribution in [3.05, 3.63) is 54.1 Å². The summed E-state index contributed by atoms with van der Waals surface area (Å²) >= 11 is 1.67. The van der Waals surface area contributed by atoms with Gasteiger partial charge in [0.25, 0.3) is 0 Å². The highest BCUT2D eigenvalue weighted by molar-refractivity contribution is 7.98. The summed E-state index contributed by atoms with van der Waals surface area (Å²) in [6, 6.07) is 15.8. The fraction of sp³-hybridized carbons (Fsp3) is 0.200. The fourth-order valence-corrected chi connectivity index (χ4v) is 2.00. The molecule has 0 saturated carbocycles. The minimum Gasteiger partial charge on any atom is -0.399 e. The highest BCUT2D eigenvalue weighted by Crippen LogP contribution is 2.20. The summed E-state index contributed by atoms with van der Waals surface area (Å²) in [7, 11) is 0. The Kier molecular flexibility index (Phi) is 6.15. The van der Waals surface area contributed by atoms with E-state index in [0.29, 0.717) is 0 Å². The monoisotopic (exact) mass is 260 g/mol. The van der Waals surface area contributed by atoms with Gasteiger partial charge in [0, 0.05) is 16.3 Å². The van der Waals surface area contributed by atoms with Crippen molar-refractivity contribution in [1.29, 1.82) is 0 Å². The van der Waals surface area contributed by atoms with Gasteiger partial charge in [-0.1, -0.05) is 31.2 Å². The number of aryl methyl sites for hydroxylation is 1. The van der Waals surface area contributed by atoms with Crippen molar-refractivity contribution in [3.63, 3.8) is 0 Å². The SMILES string of the molecule is CCc1cccc(N)c1.CSc1ccccc1N. The minimum atomic E-state index is 0.856. The molecule has 0 radical (unpaired) electrons. The van der Waals surface area contributed by atoms with Gasteiger partial charge >= 0.3 is 0 Å². The molecule has 2 aromatic carbocycles. The Morgan fingerprint density at radius 1 is 1.00 bits per heavy atom. The Bertz CT molecular complexity index is 483. The van der Waals surface area contributed by atoms with E-state index >= 15 is 0 Å². The van der Waals surface area contributed by atoms with Gasteiger partial charge < -0.3 is 11.5 Å². The topological polar surface area (TPSA) is 52.0 Å². The van der Waals surface area contributed by atoms with Crippen LogP contribution in [-0.2, 0) is 6.42 Å². The quantitative estimate of drug-likeness (QED) is 0.637. The number of rotatable bonds is 2. The van der Waals surface area contributed by atoms with E-state index in [1.54, 1.807) is 11.8 Å². The lowest BCUT2D eigenvalue weighted by atomic mass is 10.1. The Balaban J connectivity index is 0.000000180. The van der Waals surface area contributed by atoms with Crippen LogP contribution in [0.15, 0.2) is 53.4 Å². The fourth-order valence-electron chi connectivity index (χ4n) is 1.48. The van der Waals surface area contributed by atoms with Gasteiger partial charge in [0.1, 0.15) is 0 Å². The van der Waals surface area contributed by atoms with E-state index < -0.39 is 0 Å². The van der Waals surface area contributed by atoms with Crippen LogP contribution in [0.3, 0.4) is 0 Å². The molecule has 0 aliphatic heterocycles.